The van der Waals surface area contributed by atoms with Crippen molar-refractivity contribution in [2.75, 3.05) is 13.2 Å². The van der Waals surface area contributed by atoms with Crippen LogP contribution in [0.4, 0.5) is 0 Å². The molecule has 462 valence electrons. The van der Waals surface area contributed by atoms with Gasteiger partial charge in [0.2, 0.25) is 5.91 Å². The van der Waals surface area contributed by atoms with Crippen LogP contribution in [-0.2, 0) is 23.8 Å². The van der Waals surface area contributed by atoms with Crippen LogP contribution in [0.1, 0.15) is 278 Å². The van der Waals surface area contributed by atoms with Gasteiger partial charge in [-0.1, -0.05) is 260 Å². The first-order valence-corrected chi connectivity index (χ1v) is 32.9. The predicted octanol–water partition coefficient (Wildman–Crippen LogP) is 16.1. The molecule has 1 heterocycles. The Bertz CT molecular complexity index is 1620. The number of aliphatic hydroxyl groups excluding tert-OH is 5. The van der Waals surface area contributed by atoms with E-state index < -0.39 is 67.4 Å². The summed E-state index contributed by atoms with van der Waals surface area (Å²) in [5.41, 5.74) is 0. The third-order valence-corrected chi connectivity index (χ3v) is 15.0. The number of unbranched alkanes of at least 4 members (excludes halogenated alkanes) is 29. The van der Waals surface area contributed by atoms with Crippen molar-refractivity contribution >= 4 is 11.9 Å². The number of hydrogen-bond donors (Lipinski definition) is 6. The molecule has 11 heteroatoms. The van der Waals surface area contributed by atoms with E-state index in [1.54, 1.807) is 6.08 Å². The molecule has 1 saturated heterocycles. The average Bonchev–Trinajstić information content (AvgIpc) is 3.45. The van der Waals surface area contributed by atoms with Gasteiger partial charge in [-0.2, -0.15) is 0 Å². The molecule has 1 fully saturated rings. The van der Waals surface area contributed by atoms with Crippen LogP contribution in [0.15, 0.2) is 85.1 Å². The Morgan fingerprint density at radius 1 is 0.500 bits per heavy atom. The molecule has 0 saturated carbocycles. The zero-order chi connectivity index (χ0) is 58.2. The Kier molecular flexibility index (Phi) is 52.7. The topological polar surface area (TPSA) is 175 Å². The van der Waals surface area contributed by atoms with Crippen LogP contribution in [0.25, 0.3) is 0 Å². The van der Waals surface area contributed by atoms with E-state index in [1.807, 2.05) is 6.08 Å². The molecule has 6 N–H and O–H groups in total. The summed E-state index contributed by atoms with van der Waals surface area (Å²) in [5, 5.41) is 57.0. The Morgan fingerprint density at radius 3 is 1.36 bits per heavy atom. The predicted molar refractivity (Wildman–Crippen MR) is 333 cm³/mol. The molecule has 0 bridgehead atoms. The highest BCUT2D eigenvalue weighted by Crippen LogP contribution is 2.26. The van der Waals surface area contributed by atoms with Crippen LogP contribution in [0.2, 0.25) is 0 Å². The lowest BCUT2D eigenvalue weighted by Crippen LogP contribution is -2.61. The molecule has 0 radical (unpaired) electrons. The summed E-state index contributed by atoms with van der Waals surface area (Å²) in [7, 11) is 0. The van der Waals surface area contributed by atoms with Crippen molar-refractivity contribution in [1.82, 2.24) is 5.32 Å². The molecular formula is C69H121NO10. The maximum Gasteiger partial charge on any atom is 0.306 e. The Balaban J connectivity index is 2.66. The van der Waals surface area contributed by atoms with Gasteiger partial charge in [0, 0.05) is 6.42 Å². The maximum atomic E-state index is 13.4. The summed E-state index contributed by atoms with van der Waals surface area (Å²) in [4.78, 5) is 26.6. The number of esters is 1. The number of amides is 1. The van der Waals surface area contributed by atoms with E-state index in [4.69, 9.17) is 14.2 Å². The summed E-state index contributed by atoms with van der Waals surface area (Å²) < 4.78 is 17.6. The van der Waals surface area contributed by atoms with Crippen LogP contribution in [0, 0.1) is 0 Å². The second-order valence-electron chi connectivity index (χ2n) is 22.5. The second-order valence-corrected chi connectivity index (χ2v) is 22.5. The number of rotatable bonds is 55. The van der Waals surface area contributed by atoms with E-state index in [0.717, 1.165) is 89.9 Å². The van der Waals surface area contributed by atoms with Crippen LogP contribution in [0.3, 0.4) is 0 Å². The van der Waals surface area contributed by atoms with E-state index in [2.05, 4.69) is 99.0 Å². The van der Waals surface area contributed by atoms with Gasteiger partial charge < -0.3 is 45.1 Å². The first kappa shape index (κ1) is 74.9. The summed E-state index contributed by atoms with van der Waals surface area (Å²) >= 11 is 0. The minimum absolute atomic E-state index is 0.116. The minimum atomic E-state index is -1.62. The highest BCUT2D eigenvalue weighted by Gasteiger charge is 2.47. The first-order chi connectivity index (χ1) is 39.2. The maximum absolute atomic E-state index is 13.4. The van der Waals surface area contributed by atoms with Gasteiger partial charge in [0.25, 0.3) is 0 Å². The van der Waals surface area contributed by atoms with E-state index in [0.29, 0.717) is 12.8 Å². The Morgan fingerprint density at radius 2 is 0.900 bits per heavy atom. The number of aliphatic hydroxyl groups is 5. The zero-order valence-corrected chi connectivity index (χ0v) is 51.2. The lowest BCUT2D eigenvalue weighted by Gasteiger charge is -2.41. The van der Waals surface area contributed by atoms with Crippen LogP contribution < -0.4 is 5.32 Å². The molecule has 0 aromatic heterocycles. The normalized spacial score (nSPS) is 19.3. The fourth-order valence-electron chi connectivity index (χ4n) is 9.85. The van der Waals surface area contributed by atoms with Gasteiger partial charge >= 0.3 is 5.97 Å². The third kappa shape index (κ3) is 43.5. The van der Waals surface area contributed by atoms with E-state index in [9.17, 15) is 35.1 Å². The summed E-state index contributed by atoms with van der Waals surface area (Å²) in [5.74, 6) is -1.23. The first-order valence-electron chi connectivity index (χ1n) is 32.9. The number of ether oxygens (including phenoxy) is 3. The van der Waals surface area contributed by atoms with Crippen molar-refractivity contribution in [2.24, 2.45) is 0 Å². The summed E-state index contributed by atoms with van der Waals surface area (Å²) in [6.45, 7) is 5.66. The van der Waals surface area contributed by atoms with Gasteiger partial charge in [-0.05, 0) is 96.3 Å². The SMILES string of the molecule is CC/C=C\C/C=C\C/C=C\C/C=C\C/C=C\CCCCC(O)C(=O)NC(COC1OC(CO)C(O)C(O)C1OC(=O)CCCCCCCCCCCCC/C=C/CCCCCCCC)C(O)/C=C/CCCCCCCCCCCC. The fourth-order valence-corrected chi connectivity index (χ4v) is 9.85. The molecule has 8 unspecified atom stereocenters. The average molecular weight is 1120 g/mol. The molecule has 8 atom stereocenters. The number of nitrogens with one attached hydrogen (secondary N) is 1. The molecule has 0 aliphatic carbocycles. The van der Waals surface area contributed by atoms with Gasteiger partial charge in [-0.15, -0.1) is 0 Å². The van der Waals surface area contributed by atoms with Gasteiger partial charge in [0.15, 0.2) is 12.4 Å². The number of hydrogen-bond acceptors (Lipinski definition) is 10. The van der Waals surface area contributed by atoms with Crippen LogP contribution in [0.5, 0.6) is 0 Å². The van der Waals surface area contributed by atoms with Gasteiger partial charge in [0.05, 0.1) is 25.4 Å². The standard InChI is InChI=1S/C69H121NO10/c1-4-7-10-13-16-19-22-25-27-29-31-32-33-35-37-39-42-45-48-51-54-57-64(74)80-67-66(76)65(75)63(58-71)79-69(67)78-59-60(61(72)55-52-49-46-43-40-24-21-18-15-12-9-6-3)70-68(77)62(73)56-53-50-47-44-41-38-36-34-30-28-26-23-20-17-14-11-8-5-2/h8,11,17,20,25-28,34,36,41,44,52,55,60-63,65-67,69,71-73,75-76H,4-7,9-10,12-16,18-19,21-24,29-33,35,37-40,42-43,45-51,53-54,56-59H2,1-3H3,(H,70,77)/b11-8-,20-17-,27-25+,28-26-,36-34-,44-41-,55-52+. The molecule has 11 nitrogen and oxygen atoms in total. The molecule has 0 aromatic rings. The monoisotopic (exact) mass is 1120 g/mol. The zero-order valence-electron chi connectivity index (χ0n) is 51.2. The fraction of sp³-hybridized carbons (Fsp3) is 0.768. The van der Waals surface area contributed by atoms with Crippen molar-refractivity contribution < 1.29 is 49.3 Å². The third-order valence-electron chi connectivity index (χ3n) is 15.0. The van der Waals surface area contributed by atoms with E-state index in [1.165, 1.54) is 141 Å². The van der Waals surface area contributed by atoms with Crippen molar-refractivity contribution in [3.8, 4) is 0 Å². The lowest BCUT2D eigenvalue weighted by atomic mass is 9.99. The van der Waals surface area contributed by atoms with Crippen molar-refractivity contribution in [3.63, 3.8) is 0 Å². The van der Waals surface area contributed by atoms with Crippen LogP contribution in [-0.4, -0.2) is 99.6 Å². The van der Waals surface area contributed by atoms with Gasteiger partial charge in [-0.3, -0.25) is 9.59 Å². The van der Waals surface area contributed by atoms with Gasteiger partial charge in [-0.25, -0.2) is 0 Å². The van der Waals surface area contributed by atoms with Crippen molar-refractivity contribution in [1.29, 1.82) is 0 Å². The quantitative estimate of drug-likeness (QED) is 0.0195. The number of carbonyl (C=O) groups excluding carboxylic acids is 2. The summed E-state index contributed by atoms with van der Waals surface area (Å²) in [6, 6.07) is -1.05. The Hall–Kier alpha value is -3.16. The minimum Gasteiger partial charge on any atom is -0.454 e. The molecule has 80 heavy (non-hydrogen) atoms. The van der Waals surface area contributed by atoms with E-state index >= 15 is 0 Å². The molecule has 0 aromatic carbocycles. The second kappa shape index (κ2) is 56.3. The van der Waals surface area contributed by atoms with Crippen molar-refractivity contribution in [2.45, 2.75) is 327 Å². The smallest absolute Gasteiger partial charge is 0.306 e. The largest absolute Gasteiger partial charge is 0.454 e. The van der Waals surface area contributed by atoms with Gasteiger partial charge in [0.1, 0.15) is 24.4 Å². The van der Waals surface area contributed by atoms with E-state index in [-0.39, 0.29) is 19.4 Å². The van der Waals surface area contributed by atoms with Crippen molar-refractivity contribution in [3.05, 3.63) is 85.1 Å². The summed E-state index contributed by atoms with van der Waals surface area (Å²) in [6.07, 6.45) is 63.3. The molecule has 1 aliphatic heterocycles. The number of carbonyl (C=O) groups is 2. The lowest BCUT2D eigenvalue weighted by molar-refractivity contribution is -0.305. The number of allylic oxidation sites excluding steroid dienone is 13. The Labute approximate surface area is 489 Å². The molecule has 1 rings (SSSR count). The molecule has 0 spiro atoms. The highest BCUT2D eigenvalue weighted by atomic mass is 16.7. The highest BCUT2D eigenvalue weighted by molar-refractivity contribution is 5.80. The molecular weight excluding hydrogens is 1000 g/mol. The molecule has 1 aliphatic rings. The van der Waals surface area contributed by atoms with Crippen LogP contribution >= 0.6 is 0 Å². The molecule has 1 amide bonds.